The lowest BCUT2D eigenvalue weighted by Gasteiger charge is -2.33. The first kappa shape index (κ1) is 30.5. The zero-order valence-electron chi connectivity index (χ0n) is 21.1. The molecule has 36 heavy (non-hydrogen) atoms. The SMILES string of the molecule is COCC(COc1ccc(C(C)(C)C2=CC(Cl)C(OCC(CCl)OC(C)=O)C(Cl)=C2)cc1)OC(C)=O. The zero-order chi connectivity index (χ0) is 26.9. The molecular formula is C26H33Cl3O7. The Kier molecular flexibility index (Phi) is 12.0. The molecule has 10 heteroatoms. The maximum atomic E-state index is 11.2. The third kappa shape index (κ3) is 8.96. The van der Waals surface area contributed by atoms with Crippen LogP contribution < -0.4 is 4.74 Å². The van der Waals surface area contributed by atoms with E-state index in [1.54, 1.807) is 0 Å². The Hall–Kier alpha value is -1.77. The summed E-state index contributed by atoms with van der Waals surface area (Å²) in [6, 6.07) is 7.64. The minimum absolute atomic E-state index is 0.0811. The summed E-state index contributed by atoms with van der Waals surface area (Å²) in [7, 11) is 1.54. The predicted molar refractivity (Wildman–Crippen MR) is 140 cm³/mol. The lowest BCUT2D eigenvalue weighted by atomic mass is 9.75. The highest BCUT2D eigenvalue weighted by Gasteiger charge is 2.33. The van der Waals surface area contributed by atoms with Crippen molar-refractivity contribution in [2.75, 3.05) is 32.8 Å². The van der Waals surface area contributed by atoms with Crippen LogP contribution in [-0.4, -0.2) is 68.4 Å². The Balaban J connectivity index is 2.06. The predicted octanol–water partition coefficient (Wildman–Crippen LogP) is 5.15. The maximum absolute atomic E-state index is 11.2. The Bertz CT molecular complexity index is 943. The van der Waals surface area contributed by atoms with Gasteiger partial charge in [-0.05, 0) is 29.3 Å². The number of esters is 2. The smallest absolute Gasteiger partial charge is 0.303 e. The Morgan fingerprint density at radius 1 is 1.00 bits per heavy atom. The topological polar surface area (TPSA) is 80.3 Å². The van der Waals surface area contributed by atoms with Crippen molar-refractivity contribution in [2.24, 2.45) is 0 Å². The van der Waals surface area contributed by atoms with Gasteiger partial charge < -0.3 is 23.7 Å². The number of hydrogen-bond acceptors (Lipinski definition) is 7. The summed E-state index contributed by atoms with van der Waals surface area (Å²) in [5.74, 6) is -0.0832. The van der Waals surface area contributed by atoms with Gasteiger partial charge in [0.25, 0.3) is 0 Å². The van der Waals surface area contributed by atoms with Crippen LogP contribution in [0.4, 0.5) is 0 Å². The summed E-state index contributed by atoms with van der Waals surface area (Å²) >= 11 is 19.0. The van der Waals surface area contributed by atoms with Crippen molar-refractivity contribution in [1.82, 2.24) is 0 Å². The molecule has 2 rings (SSSR count). The standard InChI is InChI=1S/C26H33Cl3O7/c1-16(30)35-21(12-27)14-34-25-23(28)10-19(11-24(25)29)26(3,4)18-6-8-20(9-7-18)33-15-22(13-32-5)36-17(2)31/h6-11,21-23,25H,12-15H2,1-5H3. The first-order valence-corrected chi connectivity index (χ1v) is 12.8. The second kappa shape index (κ2) is 14.2. The van der Waals surface area contributed by atoms with Crippen molar-refractivity contribution >= 4 is 46.7 Å². The average molecular weight is 564 g/mol. The molecule has 0 spiro atoms. The number of hydrogen-bond donors (Lipinski definition) is 0. The second-order valence-electron chi connectivity index (χ2n) is 8.88. The van der Waals surface area contributed by atoms with Crippen molar-refractivity contribution in [2.45, 2.75) is 56.8 Å². The van der Waals surface area contributed by atoms with Gasteiger partial charge in [0.2, 0.25) is 0 Å². The minimum Gasteiger partial charge on any atom is -0.490 e. The number of carbonyl (C=O) groups excluding carboxylic acids is 2. The number of carbonyl (C=O) groups is 2. The number of benzene rings is 1. The van der Waals surface area contributed by atoms with Crippen LogP contribution in [0.5, 0.6) is 5.75 Å². The van der Waals surface area contributed by atoms with E-state index in [2.05, 4.69) is 13.8 Å². The van der Waals surface area contributed by atoms with Gasteiger partial charge in [-0.1, -0.05) is 43.7 Å². The number of rotatable bonds is 13. The molecule has 0 saturated heterocycles. The van der Waals surface area contributed by atoms with Gasteiger partial charge >= 0.3 is 11.9 Å². The van der Waals surface area contributed by atoms with Crippen molar-refractivity contribution in [3.63, 3.8) is 0 Å². The number of ether oxygens (including phenoxy) is 5. The highest BCUT2D eigenvalue weighted by atomic mass is 35.5. The lowest BCUT2D eigenvalue weighted by molar-refractivity contribution is -0.151. The molecule has 200 valence electrons. The summed E-state index contributed by atoms with van der Waals surface area (Å²) in [5.41, 5.74) is 1.55. The molecule has 1 aromatic carbocycles. The van der Waals surface area contributed by atoms with Crippen LogP contribution in [0.25, 0.3) is 0 Å². The number of alkyl halides is 2. The fourth-order valence-corrected chi connectivity index (χ4v) is 4.54. The molecule has 7 nitrogen and oxygen atoms in total. The third-order valence-electron chi connectivity index (χ3n) is 5.58. The summed E-state index contributed by atoms with van der Waals surface area (Å²) in [6.07, 6.45) is 2.11. The Morgan fingerprint density at radius 2 is 1.61 bits per heavy atom. The van der Waals surface area contributed by atoms with Crippen LogP contribution in [0, 0.1) is 0 Å². The van der Waals surface area contributed by atoms with Gasteiger partial charge in [-0.2, -0.15) is 0 Å². The van der Waals surface area contributed by atoms with E-state index in [1.807, 2.05) is 36.4 Å². The van der Waals surface area contributed by atoms with E-state index < -0.39 is 41.0 Å². The molecule has 0 N–H and O–H groups in total. The molecule has 0 bridgehead atoms. The van der Waals surface area contributed by atoms with E-state index in [9.17, 15) is 9.59 Å². The van der Waals surface area contributed by atoms with Crippen LogP contribution in [0.2, 0.25) is 0 Å². The van der Waals surface area contributed by atoms with Crippen LogP contribution >= 0.6 is 34.8 Å². The van der Waals surface area contributed by atoms with Crippen molar-refractivity contribution in [1.29, 1.82) is 0 Å². The van der Waals surface area contributed by atoms with E-state index in [1.165, 1.54) is 21.0 Å². The van der Waals surface area contributed by atoms with Crippen molar-refractivity contribution in [3.05, 3.63) is 52.6 Å². The van der Waals surface area contributed by atoms with Crippen LogP contribution in [0.1, 0.15) is 33.3 Å². The molecule has 0 aromatic heterocycles. The largest absolute Gasteiger partial charge is 0.490 e. The number of allylic oxidation sites excluding steroid dienone is 2. The van der Waals surface area contributed by atoms with Gasteiger partial charge in [0.15, 0.2) is 6.10 Å². The number of halogens is 3. The molecule has 1 aliphatic rings. The molecular weight excluding hydrogens is 531 g/mol. The summed E-state index contributed by atoms with van der Waals surface area (Å²) in [6.45, 7) is 7.30. The lowest BCUT2D eigenvalue weighted by Crippen LogP contribution is -2.34. The van der Waals surface area contributed by atoms with Crippen LogP contribution in [-0.2, 0) is 34.0 Å². The Morgan fingerprint density at radius 3 is 2.14 bits per heavy atom. The van der Waals surface area contributed by atoms with Crippen LogP contribution in [0.15, 0.2) is 47.0 Å². The average Bonchev–Trinajstić information content (AvgIpc) is 2.81. The fraction of sp³-hybridized carbons (Fsp3) is 0.538. The highest BCUT2D eigenvalue weighted by molar-refractivity contribution is 6.32. The van der Waals surface area contributed by atoms with Gasteiger partial charge in [-0.25, -0.2) is 0 Å². The fourth-order valence-electron chi connectivity index (χ4n) is 3.67. The third-order valence-corrected chi connectivity index (χ3v) is 6.60. The van der Waals surface area contributed by atoms with Gasteiger partial charge in [0.05, 0.1) is 24.5 Å². The van der Waals surface area contributed by atoms with E-state index in [0.29, 0.717) is 10.8 Å². The number of methoxy groups -OCH3 is 1. The second-order valence-corrected chi connectivity index (χ2v) is 10.1. The molecule has 0 saturated carbocycles. The van der Waals surface area contributed by atoms with E-state index >= 15 is 0 Å². The zero-order valence-corrected chi connectivity index (χ0v) is 23.4. The highest BCUT2D eigenvalue weighted by Crippen LogP contribution is 2.39. The summed E-state index contributed by atoms with van der Waals surface area (Å²) < 4.78 is 27.0. The molecule has 4 unspecified atom stereocenters. The molecule has 0 fully saturated rings. The quantitative estimate of drug-likeness (QED) is 0.243. The first-order chi connectivity index (χ1) is 17.0. The molecule has 0 amide bonds. The van der Waals surface area contributed by atoms with Gasteiger partial charge in [0, 0.05) is 31.4 Å². The molecule has 0 heterocycles. The molecule has 0 radical (unpaired) electrons. The molecule has 4 atom stereocenters. The van der Waals surface area contributed by atoms with Gasteiger partial charge in [-0.3, -0.25) is 9.59 Å². The summed E-state index contributed by atoms with van der Waals surface area (Å²) in [5, 5.41) is -0.0713. The summed E-state index contributed by atoms with van der Waals surface area (Å²) in [4.78, 5) is 22.4. The minimum atomic E-state index is -0.584. The van der Waals surface area contributed by atoms with Gasteiger partial charge in [-0.15, -0.1) is 23.2 Å². The monoisotopic (exact) mass is 562 g/mol. The Labute approximate surface area is 227 Å². The van der Waals surface area contributed by atoms with Gasteiger partial charge in [0.1, 0.15) is 24.6 Å². The van der Waals surface area contributed by atoms with Crippen molar-refractivity contribution in [3.8, 4) is 5.75 Å². The van der Waals surface area contributed by atoms with E-state index in [4.69, 9.17) is 58.5 Å². The molecule has 1 aliphatic carbocycles. The molecule has 0 aliphatic heterocycles. The normalized spacial score (nSPS) is 19.6. The van der Waals surface area contributed by atoms with Crippen LogP contribution in [0.3, 0.4) is 0 Å². The van der Waals surface area contributed by atoms with Crippen molar-refractivity contribution < 1.29 is 33.3 Å². The van der Waals surface area contributed by atoms with E-state index in [0.717, 1.165) is 11.1 Å². The van der Waals surface area contributed by atoms with E-state index in [-0.39, 0.29) is 25.7 Å². The maximum Gasteiger partial charge on any atom is 0.303 e. The molecule has 1 aromatic rings. The first-order valence-electron chi connectivity index (χ1n) is 11.5.